The summed E-state index contributed by atoms with van der Waals surface area (Å²) in [5.41, 5.74) is 0.912. The molecular weight excluding hydrogens is 195 g/mol. The third kappa shape index (κ3) is 1.47. The molecule has 2 nitrogen and oxygen atoms in total. The van der Waals surface area contributed by atoms with Gasteiger partial charge in [-0.05, 0) is 29.3 Å². The Morgan fingerprint density at radius 3 is 2.57 bits per heavy atom. The molecule has 0 aliphatic heterocycles. The third-order valence-corrected chi connectivity index (χ3v) is 3.43. The maximum Gasteiger partial charge on any atom is 0.218 e. The summed E-state index contributed by atoms with van der Waals surface area (Å²) in [5, 5.41) is 2.73. The Kier molecular flexibility index (Phi) is 2.40. The summed E-state index contributed by atoms with van der Waals surface area (Å²) in [5.74, 6) is 0. The van der Waals surface area contributed by atoms with Crippen molar-refractivity contribution in [3.8, 4) is 0 Å². The van der Waals surface area contributed by atoms with E-state index >= 15 is 0 Å². The van der Waals surface area contributed by atoms with E-state index in [0.29, 0.717) is 5.30 Å². The van der Waals surface area contributed by atoms with Crippen LogP contribution in [-0.4, -0.2) is 4.89 Å². The quantitative estimate of drug-likeness (QED) is 0.726. The Morgan fingerprint density at radius 2 is 1.86 bits per heavy atom. The van der Waals surface area contributed by atoms with Gasteiger partial charge in [0.25, 0.3) is 0 Å². The van der Waals surface area contributed by atoms with Gasteiger partial charge in [0.1, 0.15) is 0 Å². The summed E-state index contributed by atoms with van der Waals surface area (Å²) in [6, 6.07) is 11.5. The average molecular weight is 206 g/mol. The van der Waals surface area contributed by atoms with Gasteiger partial charge in [0.05, 0.1) is 0 Å². The van der Waals surface area contributed by atoms with Gasteiger partial charge in [-0.1, -0.05) is 30.3 Å². The van der Waals surface area contributed by atoms with E-state index < -0.39 is 8.03 Å². The fourth-order valence-electron chi connectivity index (χ4n) is 1.66. The molecule has 0 saturated carbocycles. The minimum atomic E-state index is -2.58. The van der Waals surface area contributed by atoms with Crippen molar-refractivity contribution in [3.63, 3.8) is 0 Å². The van der Waals surface area contributed by atoms with Crippen LogP contribution in [0.15, 0.2) is 36.4 Å². The van der Waals surface area contributed by atoms with Crippen molar-refractivity contribution < 1.29 is 9.46 Å². The van der Waals surface area contributed by atoms with E-state index in [4.69, 9.17) is 4.89 Å². The van der Waals surface area contributed by atoms with Crippen molar-refractivity contribution in [1.82, 2.24) is 0 Å². The molecule has 1 unspecified atom stereocenters. The first-order valence-electron chi connectivity index (χ1n) is 4.42. The predicted octanol–water partition coefficient (Wildman–Crippen LogP) is 2.24. The molecule has 14 heavy (non-hydrogen) atoms. The zero-order chi connectivity index (χ0) is 10.1. The van der Waals surface area contributed by atoms with E-state index in [1.807, 2.05) is 37.3 Å². The van der Waals surface area contributed by atoms with Crippen LogP contribution >= 0.6 is 8.03 Å². The Hall–Kier alpha value is -1.11. The summed E-state index contributed by atoms with van der Waals surface area (Å²) in [7, 11) is -2.58. The Balaban J connectivity index is 2.81. The number of hydrogen-bond acceptors (Lipinski definition) is 1. The molecule has 0 bridgehead atoms. The van der Waals surface area contributed by atoms with E-state index in [2.05, 4.69) is 0 Å². The first kappa shape index (κ1) is 9.45. The lowest BCUT2D eigenvalue weighted by molar-refractivity contribution is 0.513. The summed E-state index contributed by atoms with van der Waals surface area (Å²) in [6.07, 6.45) is 0. The second-order valence-electron chi connectivity index (χ2n) is 3.26. The smallest absolute Gasteiger partial charge is 0.218 e. The Labute approximate surface area is 83.1 Å². The van der Waals surface area contributed by atoms with Crippen LogP contribution in [0.2, 0.25) is 0 Å². The summed E-state index contributed by atoms with van der Waals surface area (Å²) in [4.78, 5) is 9.11. The highest BCUT2D eigenvalue weighted by atomic mass is 31.1. The van der Waals surface area contributed by atoms with E-state index in [9.17, 15) is 4.57 Å². The molecule has 0 amide bonds. The van der Waals surface area contributed by atoms with E-state index in [-0.39, 0.29) is 0 Å². The second kappa shape index (κ2) is 3.56. The largest absolute Gasteiger partial charge is 0.343 e. The number of fused-ring (bicyclic) bond motifs is 1. The van der Waals surface area contributed by atoms with Crippen LogP contribution in [0.3, 0.4) is 0 Å². The molecule has 0 fully saturated rings. The minimum absolute atomic E-state index is 0.564. The standard InChI is InChI=1S/C11H11O2P/c1-8-10-5-3-2-4-9(10)6-7-11(8)14(12)13/h2-7,14H,1H3,(H,12,13). The molecule has 0 spiro atoms. The molecule has 0 aromatic heterocycles. The Bertz CT molecular complexity index is 506. The number of benzene rings is 2. The highest BCUT2D eigenvalue weighted by Crippen LogP contribution is 2.23. The molecule has 2 aromatic carbocycles. The lowest BCUT2D eigenvalue weighted by atomic mass is 10.1. The lowest BCUT2D eigenvalue weighted by Crippen LogP contribution is -2.01. The maximum atomic E-state index is 11.1. The first-order chi connectivity index (χ1) is 6.70. The van der Waals surface area contributed by atoms with Crippen LogP contribution in [0.4, 0.5) is 0 Å². The van der Waals surface area contributed by atoms with Gasteiger partial charge in [0.2, 0.25) is 8.03 Å². The summed E-state index contributed by atoms with van der Waals surface area (Å²) >= 11 is 0. The zero-order valence-corrected chi connectivity index (χ0v) is 8.82. The fourth-order valence-corrected chi connectivity index (χ4v) is 2.34. The van der Waals surface area contributed by atoms with Gasteiger partial charge in [0.15, 0.2) is 0 Å². The maximum absolute atomic E-state index is 11.1. The minimum Gasteiger partial charge on any atom is -0.343 e. The van der Waals surface area contributed by atoms with Crippen molar-refractivity contribution in [2.45, 2.75) is 6.92 Å². The van der Waals surface area contributed by atoms with Crippen molar-refractivity contribution in [2.75, 3.05) is 0 Å². The topological polar surface area (TPSA) is 37.3 Å². The molecule has 1 atom stereocenters. The van der Waals surface area contributed by atoms with Crippen molar-refractivity contribution in [3.05, 3.63) is 42.0 Å². The van der Waals surface area contributed by atoms with Gasteiger partial charge in [-0.15, -0.1) is 0 Å². The second-order valence-corrected chi connectivity index (χ2v) is 4.41. The number of rotatable bonds is 1. The lowest BCUT2D eigenvalue weighted by Gasteiger charge is -2.05. The van der Waals surface area contributed by atoms with Gasteiger partial charge in [-0.2, -0.15) is 0 Å². The normalized spacial score (nSPS) is 13.0. The molecule has 2 aromatic rings. The highest BCUT2D eigenvalue weighted by molar-refractivity contribution is 7.47. The predicted molar refractivity (Wildman–Crippen MR) is 59.5 cm³/mol. The number of hydrogen-bond donors (Lipinski definition) is 1. The number of aryl methyl sites for hydroxylation is 1. The van der Waals surface area contributed by atoms with Gasteiger partial charge in [0, 0.05) is 5.30 Å². The molecular formula is C11H11O2P. The Morgan fingerprint density at radius 1 is 1.14 bits per heavy atom. The van der Waals surface area contributed by atoms with Crippen molar-refractivity contribution in [2.24, 2.45) is 0 Å². The van der Waals surface area contributed by atoms with Crippen LogP contribution < -0.4 is 5.30 Å². The first-order valence-corrected chi connectivity index (χ1v) is 5.77. The SMILES string of the molecule is Cc1c([PH](=O)O)ccc2ccccc12. The average Bonchev–Trinajstić information content (AvgIpc) is 2.18. The van der Waals surface area contributed by atoms with Crippen molar-refractivity contribution >= 4 is 24.1 Å². The van der Waals surface area contributed by atoms with E-state index in [1.165, 1.54) is 0 Å². The van der Waals surface area contributed by atoms with Gasteiger partial charge < -0.3 is 4.89 Å². The van der Waals surface area contributed by atoms with Gasteiger partial charge in [-0.3, -0.25) is 4.57 Å². The van der Waals surface area contributed by atoms with E-state index in [1.54, 1.807) is 6.07 Å². The molecule has 0 aliphatic rings. The van der Waals surface area contributed by atoms with Gasteiger partial charge in [-0.25, -0.2) is 0 Å². The van der Waals surface area contributed by atoms with Crippen molar-refractivity contribution in [1.29, 1.82) is 0 Å². The zero-order valence-electron chi connectivity index (χ0n) is 7.82. The van der Waals surface area contributed by atoms with Crippen LogP contribution in [-0.2, 0) is 4.57 Å². The molecule has 1 N–H and O–H groups in total. The summed E-state index contributed by atoms with van der Waals surface area (Å²) < 4.78 is 11.1. The monoisotopic (exact) mass is 206 g/mol. The third-order valence-electron chi connectivity index (χ3n) is 2.43. The molecule has 72 valence electrons. The molecule has 0 radical (unpaired) electrons. The molecule has 3 heteroatoms. The fraction of sp³-hybridized carbons (Fsp3) is 0.0909. The van der Waals surface area contributed by atoms with Gasteiger partial charge >= 0.3 is 0 Å². The van der Waals surface area contributed by atoms with Crippen LogP contribution in [0, 0.1) is 6.92 Å². The van der Waals surface area contributed by atoms with Crippen LogP contribution in [0.5, 0.6) is 0 Å². The molecule has 0 aliphatic carbocycles. The molecule has 0 heterocycles. The molecule has 2 rings (SSSR count). The summed E-state index contributed by atoms with van der Waals surface area (Å²) in [6.45, 7) is 1.89. The highest BCUT2D eigenvalue weighted by Gasteiger charge is 2.06. The van der Waals surface area contributed by atoms with Crippen LogP contribution in [0.1, 0.15) is 5.56 Å². The molecule has 0 saturated heterocycles. The van der Waals surface area contributed by atoms with Crippen LogP contribution in [0.25, 0.3) is 10.8 Å². The van der Waals surface area contributed by atoms with E-state index in [0.717, 1.165) is 16.3 Å².